The van der Waals surface area contributed by atoms with E-state index >= 15 is 0 Å². The second-order valence-corrected chi connectivity index (χ2v) is 7.11. The molecule has 0 radical (unpaired) electrons. The summed E-state index contributed by atoms with van der Waals surface area (Å²) in [5, 5.41) is 9.79. The summed E-state index contributed by atoms with van der Waals surface area (Å²) in [6.07, 6.45) is 7.27. The van der Waals surface area contributed by atoms with Gasteiger partial charge in [-0.25, -0.2) is 4.98 Å². The Morgan fingerprint density at radius 3 is 3.00 bits per heavy atom. The SMILES string of the molecule is Cc1cc(OCC(=O)NCCc2nc(C3CCCCC3)cs2)no1. The second-order valence-electron chi connectivity index (χ2n) is 6.17. The molecule has 0 spiro atoms. The highest BCUT2D eigenvalue weighted by atomic mass is 32.1. The van der Waals surface area contributed by atoms with Gasteiger partial charge in [-0.15, -0.1) is 11.3 Å². The molecule has 1 aliphatic carbocycles. The summed E-state index contributed by atoms with van der Waals surface area (Å²) in [7, 11) is 0. The molecule has 130 valence electrons. The third kappa shape index (κ3) is 4.80. The van der Waals surface area contributed by atoms with Crippen molar-refractivity contribution in [3.63, 3.8) is 0 Å². The van der Waals surface area contributed by atoms with E-state index in [4.69, 9.17) is 14.2 Å². The molecule has 6 nitrogen and oxygen atoms in total. The van der Waals surface area contributed by atoms with Crippen molar-refractivity contribution in [3.05, 3.63) is 27.9 Å². The number of nitrogens with zero attached hydrogens (tertiary/aromatic N) is 2. The van der Waals surface area contributed by atoms with Crippen LogP contribution in [-0.2, 0) is 11.2 Å². The minimum atomic E-state index is -0.167. The summed E-state index contributed by atoms with van der Waals surface area (Å²) in [4.78, 5) is 16.5. The van der Waals surface area contributed by atoms with Crippen molar-refractivity contribution < 1.29 is 14.1 Å². The van der Waals surface area contributed by atoms with Crippen molar-refractivity contribution in [1.29, 1.82) is 0 Å². The summed E-state index contributed by atoms with van der Waals surface area (Å²) in [5.41, 5.74) is 1.24. The Morgan fingerprint density at radius 2 is 2.25 bits per heavy atom. The van der Waals surface area contributed by atoms with E-state index in [1.54, 1.807) is 24.3 Å². The lowest BCUT2D eigenvalue weighted by atomic mass is 9.87. The van der Waals surface area contributed by atoms with Crippen molar-refractivity contribution in [2.45, 2.75) is 51.4 Å². The minimum Gasteiger partial charge on any atom is -0.465 e. The van der Waals surface area contributed by atoms with Crippen molar-refractivity contribution in [2.75, 3.05) is 13.2 Å². The highest BCUT2D eigenvalue weighted by molar-refractivity contribution is 7.09. The standard InChI is InChI=1S/C17H23N3O3S/c1-12-9-16(20-23-12)22-10-15(21)18-8-7-17-19-14(11-24-17)13-5-3-2-4-6-13/h9,11,13H,2-8,10H2,1H3,(H,18,21). The van der Waals surface area contributed by atoms with Crippen LogP contribution in [0.2, 0.25) is 0 Å². The molecule has 0 saturated heterocycles. The predicted molar refractivity (Wildman–Crippen MR) is 91.4 cm³/mol. The van der Waals surface area contributed by atoms with Crippen LogP contribution in [-0.4, -0.2) is 29.2 Å². The van der Waals surface area contributed by atoms with E-state index in [9.17, 15) is 4.79 Å². The van der Waals surface area contributed by atoms with Crippen molar-refractivity contribution in [3.8, 4) is 5.88 Å². The fraction of sp³-hybridized carbons (Fsp3) is 0.588. The average Bonchev–Trinajstić information content (AvgIpc) is 3.23. The lowest BCUT2D eigenvalue weighted by Crippen LogP contribution is -2.30. The van der Waals surface area contributed by atoms with Gasteiger partial charge in [-0.1, -0.05) is 19.3 Å². The van der Waals surface area contributed by atoms with Gasteiger partial charge in [-0.2, -0.15) is 0 Å². The molecule has 7 heteroatoms. The van der Waals surface area contributed by atoms with Gasteiger partial charge in [0.25, 0.3) is 11.8 Å². The van der Waals surface area contributed by atoms with Crippen LogP contribution in [0.4, 0.5) is 0 Å². The highest BCUT2D eigenvalue weighted by Crippen LogP contribution is 2.33. The summed E-state index contributed by atoms with van der Waals surface area (Å²) in [5.74, 6) is 1.46. The maximum absolute atomic E-state index is 11.8. The second kappa shape index (κ2) is 8.28. The number of aromatic nitrogens is 2. The Bertz CT molecular complexity index is 662. The van der Waals surface area contributed by atoms with Crippen LogP contribution < -0.4 is 10.1 Å². The van der Waals surface area contributed by atoms with E-state index in [1.807, 2.05) is 0 Å². The Hall–Kier alpha value is -1.89. The summed E-state index contributed by atoms with van der Waals surface area (Å²) in [6.45, 7) is 2.28. The average molecular weight is 349 g/mol. The number of carbonyl (C=O) groups is 1. The molecule has 0 aromatic carbocycles. The molecule has 0 atom stereocenters. The van der Waals surface area contributed by atoms with Crippen LogP contribution in [0.3, 0.4) is 0 Å². The maximum Gasteiger partial charge on any atom is 0.258 e. The van der Waals surface area contributed by atoms with E-state index < -0.39 is 0 Å². The van der Waals surface area contributed by atoms with Gasteiger partial charge >= 0.3 is 0 Å². The molecule has 1 saturated carbocycles. The van der Waals surface area contributed by atoms with Gasteiger partial charge in [0.15, 0.2) is 6.61 Å². The zero-order chi connectivity index (χ0) is 16.8. The van der Waals surface area contributed by atoms with E-state index in [0.717, 1.165) is 11.4 Å². The molecule has 1 N–H and O–H groups in total. The first-order valence-corrected chi connectivity index (χ1v) is 9.36. The monoisotopic (exact) mass is 349 g/mol. The molecule has 0 unspecified atom stereocenters. The lowest BCUT2D eigenvalue weighted by molar-refractivity contribution is -0.123. The first-order valence-electron chi connectivity index (χ1n) is 8.48. The molecule has 24 heavy (non-hydrogen) atoms. The highest BCUT2D eigenvalue weighted by Gasteiger charge is 2.18. The van der Waals surface area contributed by atoms with Crippen LogP contribution in [0.5, 0.6) is 5.88 Å². The van der Waals surface area contributed by atoms with Crippen LogP contribution in [0.1, 0.15) is 54.5 Å². The van der Waals surface area contributed by atoms with Crippen LogP contribution in [0, 0.1) is 6.92 Å². The zero-order valence-electron chi connectivity index (χ0n) is 13.9. The Balaban J connectivity index is 1.36. The number of rotatable bonds is 7. The van der Waals surface area contributed by atoms with Crippen molar-refractivity contribution >= 4 is 17.2 Å². The van der Waals surface area contributed by atoms with Gasteiger partial charge in [-0.3, -0.25) is 4.79 Å². The van der Waals surface area contributed by atoms with Gasteiger partial charge in [0.1, 0.15) is 5.76 Å². The maximum atomic E-state index is 11.8. The number of amides is 1. The molecule has 0 bridgehead atoms. The molecule has 1 fully saturated rings. The van der Waals surface area contributed by atoms with E-state index in [1.165, 1.54) is 37.8 Å². The third-order valence-electron chi connectivity index (χ3n) is 4.21. The quantitative estimate of drug-likeness (QED) is 0.830. The van der Waals surface area contributed by atoms with Gasteiger partial charge < -0.3 is 14.6 Å². The molecule has 0 aliphatic heterocycles. The smallest absolute Gasteiger partial charge is 0.258 e. The third-order valence-corrected chi connectivity index (χ3v) is 5.14. The number of hydrogen-bond donors (Lipinski definition) is 1. The Kier molecular flexibility index (Phi) is 5.85. The summed E-state index contributed by atoms with van der Waals surface area (Å²) >= 11 is 1.69. The first-order chi connectivity index (χ1) is 11.7. The van der Waals surface area contributed by atoms with E-state index in [-0.39, 0.29) is 12.5 Å². The van der Waals surface area contributed by atoms with Gasteiger partial charge in [0.2, 0.25) is 0 Å². The van der Waals surface area contributed by atoms with Gasteiger partial charge in [-0.05, 0) is 24.9 Å². The summed E-state index contributed by atoms with van der Waals surface area (Å²) < 4.78 is 10.1. The number of ether oxygens (including phenoxy) is 1. The lowest BCUT2D eigenvalue weighted by Gasteiger charge is -2.19. The van der Waals surface area contributed by atoms with Gasteiger partial charge in [0, 0.05) is 30.3 Å². The number of thiazole rings is 1. The molecular formula is C17H23N3O3S. The van der Waals surface area contributed by atoms with Gasteiger partial charge in [0.05, 0.1) is 10.7 Å². The van der Waals surface area contributed by atoms with E-state index in [0.29, 0.717) is 24.1 Å². The largest absolute Gasteiger partial charge is 0.465 e. The minimum absolute atomic E-state index is 0.0584. The van der Waals surface area contributed by atoms with Crippen LogP contribution in [0.25, 0.3) is 0 Å². The van der Waals surface area contributed by atoms with Crippen molar-refractivity contribution in [1.82, 2.24) is 15.5 Å². The fourth-order valence-electron chi connectivity index (χ4n) is 2.94. The Labute approximate surface area is 145 Å². The van der Waals surface area contributed by atoms with Crippen LogP contribution in [0.15, 0.2) is 16.0 Å². The van der Waals surface area contributed by atoms with Crippen molar-refractivity contribution in [2.24, 2.45) is 0 Å². The number of carbonyl (C=O) groups excluding carboxylic acids is 1. The molecule has 2 aromatic heterocycles. The molecular weight excluding hydrogens is 326 g/mol. The van der Waals surface area contributed by atoms with Crippen LogP contribution >= 0.6 is 11.3 Å². The fourth-order valence-corrected chi connectivity index (χ4v) is 3.82. The topological polar surface area (TPSA) is 77.2 Å². The zero-order valence-corrected chi connectivity index (χ0v) is 14.7. The number of nitrogens with one attached hydrogen (secondary N) is 1. The first kappa shape index (κ1) is 17.0. The normalized spacial score (nSPS) is 15.4. The Morgan fingerprint density at radius 1 is 1.42 bits per heavy atom. The summed E-state index contributed by atoms with van der Waals surface area (Å²) in [6, 6.07) is 1.65. The molecule has 3 rings (SSSR count). The molecule has 2 heterocycles. The number of aryl methyl sites for hydroxylation is 1. The molecule has 1 amide bonds. The van der Waals surface area contributed by atoms with E-state index in [2.05, 4.69) is 15.9 Å². The molecule has 1 aliphatic rings. The predicted octanol–water partition coefficient (Wildman–Crippen LogP) is 3.22. The molecule has 2 aromatic rings. The number of hydrogen-bond acceptors (Lipinski definition) is 6.